The molecule has 0 fully saturated rings. The third kappa shape index (κ3) is 7.42. The maximum Gasteiger partial charge on any atom is 0.306 e. The number of aromatic nitrogens is 4. The number of nitrogens with one attached hydrogen (secondary N) is 2. The maximum atomic E-state index is 12.9. The minimum atomic E-state index is -0.725. The fraction of sp³-hybridized carbons (Fsp3) is 0.364. The number of anilines is 4. The van der Waals surface area contributed by atoms with Crippen molar-refractivity contribution in [3.05, 3.63) is 80.1 Å². The van der Waals surface area contributed by atoms with Gasteiger partial charge in [-0.3, -0.25) is 19.6 Å². The zero-order valence-corrected chi connectivity index (χ0v) is 35.5. The summed E-state index contributed by atoms with van der Waals surface area (Å²) in [6.45, 7) is 4.27. The molecule has 60 heavy (non-hydrogen) atoms. The molecule has 6 aromatic rings. The first kappa shape index (κ1) is 39.5. The lowest BCUT2D eigenvalue weighted by atomic mass is 9.87. The Balaban J connectivity index is 0.000000155. The number of hydrogen-bond donors (Lipinski definition) is 3. The van der Waals surface area contributed by atoms with Crippen molar-refractivity contribution >= 4 is 90.4 Å². The van der Waals surface area contributed by atoms with Crippen molar-refractivity contribution in [1.82, 2.24) is 24.8 Å². The number of carboxylic acids is 1. The van der Waals surface area contributed by atoms with Crippen LogP contribution >= 0.6 is 22.7 Å². The minimum Gasteiger partial charge on any atom is -0.495 e. The van der Waals surface area contributed by atoms with Crippen LogP contribution in [0.3, 0.4) is 0 Å². The Labute approximate surface area is 354 Å². The Bertz CT molecular complexity index is 2730. The van der Waals surface area contributed by atoms with Gasteiger partial charge in [0.05, 0.1) is 55.4 Å². The molecule has 10 rings (SSSR count). The second-order valence-corrected chi connectivity index (χ2v) is 17.6. The Morgan fingerprint density at radius 1 is 0.767 bits per heavy atom. The van der Waals surface area contributed by atoms with Crippen molar-refractivity contribution in [3.8, 4) is 11.5 Å². The van der Waals surface area contributed by atoms with E-state index in [1.807, 2.05) is 42.6 Å². The Kier molecular flexibility index (Phi) is 10.9. The normalized spacial score (nSPS) is 17.0. The maximum absolute atomic E-state index is 12.9. The van der Waals surface area contributed by atoms with E-state index in [1.54, 1.807) is 49.5 Å². The van der Waals surface area contributed by atoms with E-state index in [2.05, 4.69) is 53.5 Å². The van der Waals surface area contributed by atoms with Gasteiger partial charge >= 0.3 is 5.97 Å². The van der Waals surface area contributed by atoms with Crippen LogP contribution in [0.25, 0.3) is 20.4 Å². The Hall–Kier alpha value is -6.00. The molecule has 16 heteroatoms. The zero-order valence-electron chi connectivity index (χ0n) is 33.9. The number of methoxy groups -OCH3 is 2. The van der Waals surface area contributed by atoms with E-state index in [1.165, 1.54) is 16.0 Å². The van der Waals surface area contributed by atoms with Crippen molar-refractivity contribution in [2.75, 3.05) is 38.4 Å². The lowest BCUT2D eigenvalue weighted by molar-refractivity contribution is -0.142. The molecule has 0 saturated heterocycles. The van der Waals surface area contributed by atoms with Crippen LogP contribution in [0.15, 0.2) is 46.9 Å². The topological polar surface area (TPSA) is 176 Å². The van der Waals surface area contributed by atoms with Crippen molar-refractivity contribution < 1.29 is 24.2 Å². The smallest absolute Gasteiger partial charge is 0.306 e. The molecule has 2 aliphatic heterocycles. The summed E-state index contributed by atoms with van der Waals surface area (Å²) >= 11 is 3.26. The number of aryl methyl sites for hydroxylation is 2. The molecule has 2 aromatic carbocycles. The van der Waals surface area contributed by atoms with Crippen LogP contribution in [0.5, 0.6) is 11.5 Å². The quantitative estimate of drug-likeness (QED) is 0.122. The molecule has 14 nitrogen and oxygen atoms in total. The van der Waals surface area contributed by atoms with Gasteiger partial charge in [0.25, 0.3) is 0 Å². The van der Waals surface area contributed by atoms with Gasteiger partial charge in [0, 0.05) is 41.7 Å². The van der Waals surface area contributed by atoms with Gasteiger partial charge in [0.1, 0.15) is 45.5 Å². The van der Waals surface area contributed by atoms with Gasteiger partial charge in [-0.25, -0.2) is 19.9 Å². The number of carbonyl (C=O) groups excluding carboxylic acids is 1. The summed E-state index contributed by atoms with van der Waals surface area (Å²) < 4.78 is 11.2. The number of ether oxygens (including phenoxy) is 2. The summed E-state index contributed by atoms with van der Waals surface area (Å²) in [5.74, 6) is 2.29. The van der Waals surface area contributed by atoms with Gasteiger partial charge < -0.3 is 30.1 Å². The number of benzene rings is 2. The molecule has 0 spiro atoms. The van der Waals surface area contributed by atoms with Crippen LogP contribution in [-0.4, -0.2) is 82.1 Å². The molecule has 0 radical (unpaired) electrons. The number of aliphatic imine (C=N–C) groups is 2. The molecule has 2 aliphatic carbocycles. The van der Waals surface area contributed by atoms with Crippen LogP contribution in [0, 0.1) is 11.8 Å². The van der Waals surface area contributed by atoms with Crippen LogP contribution in [0.4, 0.5) is 23.0 Å². The Morgan fingerprint density at radius 3 is 1.75 bits per heavy atom. The van der Waals surface area contributed by atoms with E-state index in [0.717, 1.165) is 121 Å². The highest BCUT2D eigenvalue weighted by Gasteiger charge is 2.32. The summed E-state index contributed by atoms with van der Waals surface area (Å²) in [5.41, 5.74) is 8.62. The van der Waals surface area contributed by atoms with Crippen molar-refractivity contribution in [1.29, 1.82) is 0 Å². The van der Waals surface area contributed by atoms with Gasteiger partial charge in [-0.05, 0) is 103 Å². The predicted octanol–water partition coefficient (Wildman–Crippen LogP) is 7.91. The molecule has 0 unspecified atom stereocenters. The number of carbonyl (C=O) groups is 2. The van der Waals surface area contributed by atoms with Gasteiger partial charge in [-0.15, -0.1) is 22.7 Å². The fourth-order valence-electron chi connectivity index (χ4n) is 8.65. The van der Waals surface area contributed by atoms with Crippen LogP contribution in [0.2, 0.25) is 0 Å². The third-order valence-electron chi connectivity index (χ3n) is 11.7. The number of nitrogens with zero attached hydrogens (tertiary/aromatic N) is 7. The number of carboxylic acid groups (broad SMARTS) is 1. The van der Waals surface area contributed by atoms with E-state index in [0.29, 0.717) is 25.9 Å². The third-order valence-corrected chi connectivity index (χ3v) is 14.1. The number of hydrogen-bond acceptors (Lipinski definition) is 14. The standard InChI is InChI=1S/C24H27N5O2S.C20H18N4O3S/c1-4-7-29(2)24(30)14-5-6-17-20(10-14)32-23-21(17)22(26-13-27-23)28-18-8-15-11-25-12-16(15)9-19(18)31-3;1-27-15-5-12-8-21-7-11(12)4-14(15)24-18-17-13-3-2-10(20(25)26)6-16(13)28-19(17)23-9-22-18/h8-9,11,13-14H,4-7,10,12H2,1-3H3,(H,26,27,28);4-5,7,9-10H,2-3,6,8H2,1H3,(H,25,26)(H,22,23,24)/t14-;10-/m00/s1. The van der Waals surface area contributed by atoms with Crippen LogP contribution in [0.1, 0.15) is 69.3 Å². The summed E-state index contributed by atoms with van der Waals surface area (Å²) in [5, 5.41) is 18.3. The first-order valence-corrected chi connectivity index (χ1v) is 21.8. The first-order valence-electron chi connectivity index (χ1n) is 20.2. The highest BCUT2D eigenvalue weighted by Crippen LogP contribution is 2.44. The van der Waals surface area contributed by atoms with E-state index in [4.69, 9.17) is 9.47 Å². The molecule has 0 saturated carbocycles. The average Bonchev–Trinajstić information content (AvgIpc) is 4.07. The SMILES string of the molecule is CCCN(C)C(=O)[C@H]1CCc2c(sc3ncnc(Nc4cc5c(cc4OC)CN=C5)c23)C1.COc1cc2c(cc1Nc1ncnc3sc4c(c13)CC[C@H](C(=O)O)C4)C=NC2. The second-order valence-electron chi connectivity index (χ2n) is 15.5. The van der Waals surface area contributed by atoms with Crippen molar-refractivity contribution in [2.24, 2.45) is 21.8 Å². The number of amides is 1. The molecule has 6 heterocycles. The number of thiophene rings is 2. The summed E-state index contributed by atoms with van der Waals surface area (Å²) in [7, 11) is 5.24. The molecular formula is C44H45N9O5S2. The largest absolute Gasteiger partial charge is 0.495 e. The van der Waals surface area contributed by atoms with E-state index in [-0.39, 0.29) is 17.7 Å². The van der Waals surface area contributed by atoms with E-state index in [9.17, 15) is 14.7 Å². The monoisotopic (exact) mass is 843 g/mol. The average molecular weight is 844 g/mol. The molecule has 3 N–H and O–H groups in total. The summed E-state index contributed by atoms with van der Waals surface area (Å²) in [6.07, 6.45) is 12.3. The van der Waals surface area contributed by atoms with Crippen LogP contribution in [-0.2, 0) is 48.4 Å². The van der Waals surface area contributed by atoms with Crippen molar-refractivity contribution in [2.45, 2.75) is 65.0 Å². The molecule has 2 atom stereocenters. The van der Waals surface area contributed by atoms with Crippen molar-refractivity contribution in [3.63, 3.8) is 0 Å². The number of aliphatic carboxylic acids is 1. The molecule has 0 bridgehead atoms. The first-order chi connectivity index (χ1) is 29.2. The predicted molar refractivity (Wildman–Crippen MR) is 237 cm³/mol. The number of rotatable bonds is 10. The number of fused-ring (bicyclic) bond motifs is 8. The fourth-order valence-corrected chi connectivity index (χ4v) is 11.2. The highest BCUT2D eigenvalue weighted by molar-refractivity contribution is 7.19. The molecule has 308 valence electrons. The van der Waals surface area contributed by atoms with E-state index >= 15 is 0 Å². The summed E-state index contributed by atoms with van der Waals surface area (Å²) in [4.78, 5) is 57.0. The zero-order chi connectivity index (χ0) is 41.5. The lowest BCUT2D eigenvalue weighted by Crippen LogP contribution is -2.35. The molecule has 4 aromatic heterocycles. The van der Waals surface area contributed by atoms with E-state index < -0.39 is 5.97 Å². The second kappa shape index (κ2) is 16.6. The Morgan fingerprint density at radius 2 is 1.27 bits per heavy atom. The van der Waals surface area contributed by atoms with Gasteiger partial charge in [0.2, 0.25) is 5.91 Å². The van der Waals surface area contributed by atoms with Gasteiger partial charge in [-0.2, -0.15) is 0 Å². The minimum absolute atomic E-state index is 0.0487. The highest BCUT2D eigenvalue weighted by atomic mass is 32.1. The summed E-state index contributed by atoms with van der Waals surface area (Å²) in [6, 6.07) is 8.13. The van der Waals surface area contributed by atoms with Crippen LogP contribution < -0.4 is 20.1 Å². The van der Waals surface area contributed by atoms with Gasteiger partial charge in [0.15, 0.2) is 0 Å². The molecular weight excluding hydrogens is 799 g/mol. The lowest BCUT2D eigenvalue weighted by Gasteiger charge is -2.26. The molecule has 1 amide bonds. The molecule has 4 aliphatic rings. The van der Waals surface area contributed by atoms with Gasteiger partial charge in [-0.1, -0.05) is 6.92 Å².